The number of aliphatic hydroxyl groups excluding tert-OH is 1. The van der Waals surface area contributed by atoms with Gasteiger partial charge in [-0.2, -0.15) is 0 Å². The van der Waals surface area contributed by atoms with Crippen LogP contribution < -0.4 is 11.3 Å². The second-order valence-electron chi connectivity index (χ2n) is 5.55. The van der Waals surface area contributed by atoms with Crippen molar-refractivity contribution >= 4 is 5.91 Å². The van der Waals surface area contributed by atoms with Crippen LogP contribution in [0.15, 0.2) is 0 Å². The van der Waals surface area contributed by atoms with Crippen LogP contribution in [0.4, 0.5) is 0 Å². The number of nitrogens with two attached hydrogens (primary N) is 1. The summed E-state index contributed by atoms with van der Waals surface area (Å²) in [5.74, 6) is 5.08. The standard InChI is InChI=1S/C12H26N4O2/c1-12(2,11(18)14-13)10-16-5-3-4-15(6-7-16)8-9-17/h17H,3-10,13H2,1-2H3,(H,14,18). The molecule has 1 saturated heterocycles. The van der Waals surface area contributed by atoms with Crippen molar-refractivity contribution < 1.29 is 9.90 Å². The molecule has 0 aromatic carbocycles. The number of hydrazine groups is 1. The van der Waals surface area contributed by atoms with E-state index in [0.29, 0.717) is 6.54 Å². The third kappa shape index (κ3) is 4.53. The average Bonchev–Trinajstić information content (AvgIpc) is 2.54. The van der Waals surface area contributed by atoms with Gasteiger partial charge in [-0.25, -0.2) is 5.84 Å². The predicted octanol–water partition coefficient (Wildman–Crippen LogP) is -0.997. The van der Waals surface area contributed by atoms with E-state index in [1.807, 2.05) is 13.8 Å². The van der Waals surface area contributed by atoms with E-state index in [9.17, 15) is 4.79 Å². The lowest BCUT2D eigenvalue weighted by molar-refractivity contribution is -0.130. The Morgan fingerprint density at radius 1 is 1.28 bits per heavy atom. The maximum atomic E-state index is 11.7. The summed E-state index contributed by atoms with van der Waals surface area (Å²) in [6.07, 6.45) is 1.07. The first-order chi connectivity index (χ1) is 8.49. The fourth-order valence-corrected chi connectivity index (χ4v) is 2.37. The van der Waals surface area contributed by atoms with Crippen LogP contribution in [0.3, 0.4) is 0 Å². The van der Waals surface area contributed by atoms with Gasteiger partial charge in [0.1, 0.15) is 0 Å². The number of aliphatic hydroxyl groups is 1. The molecule has 106 valence electrons. The van der Waals surface area contributed by atoms with Crippen molar-refractivity contribution in [1.29, 1.82) is 0 Å². The zero-order valence-electron chi connectivity index (χ0n) is 11.5. The lowest BCUT2D eigenvalue weighted by atomic mass is 9.91. The molecule has 0 aliphatic carbocycles. The first kappa shape index (κ1) is 15.4. The lowest BCUT2D eigenvalue weighted by Gasteiger charge is -2.30. The highest BCUT2D eigenvalue weighted by Gasteiger charge is 2.30. The minimum atomic E-state index is -0.471. The van der Waals surface area contributed by atoms with E-state index in [4.69, 9.17) is 10.9 Å². The van der Waals surface area contributed by atoms with Gasteiger partial charge < -0.3 is 10.0 Å². The fraction of sp³-hybridized carbons (Fsp3) is 0.917. The molecule has 0 spiro atoms. The Bertz CT molecular complexity index is 271. The molecule has 18 heavy (non-hydrogen) atoms. The summed E-state index contributed by atoms with van der Waals surface area (Å²) in [6.45, 7) is 9.35. The van der Waals surface area contributed by atoms with Crippen molar-refractivity contribution in [2.24, 2.45) is 11.3 Å². The SMILES string of the molecule is CC(C)(CN1CCCN(CCO)CC1)C(=O)NN. The van der Waals surface area contributed by atoms with Gasteiger partial charge in [0.25, 0.3) is 0 Å². The molecule has 0 unspecified atom stereocenters. The second-order valence-corrected chi connectivity index (χ2v) is 5.55. The second kappa shape index (κ2) is 7.04. The van der Waals surface area contributed by atoms with E-state index in [1.54, 1.807) is 0 Å². The van der Waals surface area contributed by atoms with E-state index < -0.39 is 5.41 Å². The van der Waals surface area contributed by atoms with Crippen LogP contribution in [-0.4, -0.2) is 66.7 Å². The Balaban J connectivity index is 2.46. The molecule has 1 aliphatic rings. The van der Waals surface area contributed by atoms with Crippen LogP contribution in [0.25, 0.3) is 0 Å². The van der Waals surface area contributed by atoms with Gasteiger partial charge in [-0.05, 0) is 33.4 Å². The molecule has 1 amide bonds. The maximum Gasteiger partial charge on any atom is 0.240 e. The molecule has 6 nitrogen and oxygen atoms in total. The summed E-state index contributed by atoms with van der Waals surface area (Å²) in [7, 11) is 0. The average molecular weight is 258 g/mol. The number of carbonyl (C=O) groups is 1. The molecule has 0 radical (unpaired) electrons. The van der Waals surface area contributed by atoms with Crippen molar-refractivity contribution in [3.8, 4) is 0 Å². The van der Waals surface area contributed by atoms with Crippen molar-refractivity contribution in [2.45, 2.75) is 20.3 Å². The number of nitrogens with one attached hydrogen (secondary N) is 1. The van der Waals surface area contributed by atoms with Crippen LogP contribution in [0, 0.1) is 5.41 Å². The topological polar surface area (TPSA) is 81.8 Å². The molecular formula is C12H26N4O2. The molecule has 1 rings (SSSR count). The third-order valence-corrected chi connectivity index (χ3v) is 3.46. The van der Waals surface area contributed by atoms with Crippen LogP contribution in [0.2, 0.25) is 0 Å². The van der Waals surface area contributed by atoms with Crippen LogP contribution in [0.5, 0.6) is 0 Å². The Morgan fingerprint density at radius 3 is 2.50 bits per heavy atom. The molecule has 0 aromatic heterocycles. The van der Waals surface area contributed by atoms with E-state index >= 15 is 0 Å². The van der Waals surface area contributed by atoms with Crippen molar-refractivity contribution in [2.75, 3.05) is 45.9 Å². The van der Waals surface area contributed by atoms with Crippen LogP contribution in [-0.2, 0) is 4.79 Å². The predicted molar refractivity (Wildman–Crippen MR) is 70.7 cm³/mol. The zero-order chi connectivity index (χ0) is 13.6. The zero-order valence-corrected chi connectivity index (χ0v) is 11.5. The number of hydrogen-bond donors (Lipinski definition) is 3. The van der Waals surface area contributed by atoms with Gasteiger partial charge in [0.15, 0.2) is 0 Å². The van der Waals surface area contributed by atoms with Crippen molar-refractivity contribution in [1.82, 2.24) is 15.2 Å². The largest absolute Gasteiger partial charge is 0.395 e. The normalized spacial score (nSPS) is 19.6. The fourth-order valence-electron chi connectivity index (χ4n) is 2.37. The van der Waals surface area contributed by atoms with Gasteiger partial charge in [0, 0.05) is 26.2 Å². The molecule has 0 bridgehead atoms. The van der Waals surface area contributed by atoms with Gasteiger partial charge in [-0.1, -0.05) is 0 Å². The van der Waals surface area contributed by atoms with E-state index in [0.717, 1.165) is 39.1 Å². The molecule has 1 heterocycles. The highest BCUT2D eigenvalue weighted by atomic mass is 16.3. The monoisotopic (exact) mass is 258 g/mol. The summed E-state index contributed by atoms with van der Waals surface area (Å²) in [5, 5.41) is 8.95. The number of nitrogens with zero attached hydrogens (tertiary/aromatic N) is 2. The smallest absolute Gasteiger partial charge is 0.240 e. The van der Waals surface area contributed by atoms with Crippen molar-refractivity contribution in [3.63, 3.8) is 0 Å². The maximum absolute atomic E-state index is 11.7. The Labute approximate surface area is 109 Å². The Hall–Kier alpha value is -0.690. The quantitative estimate of drug-likeness (QED) is 0.335. The molecule has 0 atom stereocenters. The highest BCUT2D eigenvalue weighted by Crippen LogP contribution is 2.18. The van der Waals surface area contributed by atoms with Gasteiger partial charge in [-0.15, -0.1) is 0 Å². The first-order valence-electron chi connectivity index (χ1n) is 6.56. The number of carbonyl (C=O) groups excluding carboxylic acids is 1. The van der Waals surface area contributed by atoms with Gasteiger partial charge in [-0.3, -0.25) is 15.1 Å². The molecule has 4 N–H and O–H groups in total. The molecule has 0 saturated carbocycles. The summed E-state index contributed by atoms with van der Waals surface area (Å²) < 4.78 is 0. The minimum absolute atomic E-state index is 0.126. The summed E-state index contributed by atoms with van der Waals surface area (Å²) in [6, 6.07) is 0. The number of hydrogen-bond acceptors (Lipinski definition) is 5. The first-order valence-corrected chi connectivity index (χ1v) is 6.56. The van der Waals surface area contributed by atoms with Gasteiger partial charge in [0.2, 0.25) is 5.91 Å². The van der Waals surface area contributed by atoms with Crippen LogP contribution in [0.1, 0.15) is 20.3 Å². The molecule has 6 heteroatoms. The Kier molecular flexibility index (Phi) is 6.01. The van der Waals surface area contributed by atoms with Crippen LogP contribution >= 0.6 is 0 Å². The van der Waals surface area contributed by atoms with Crippen molar-refractivity contribution in [3.05, 3.63) is 0 Å². The molecule has 1 aliphatic heterocycles. The van der Waals surface area contributed by atoms with E-state index in [1.165, 1.54) is 0 Å². The minimum Gasteiger partial charge on any atom is -0.395 e. The summed E-state index contributed by atoms with van der Waals surface area (Å²) in [4.78, 5) is 16.2. The lowest BCUT2D eigenvalue weighted by Crippen LogP contribution is -2.48. The Morgan fingerprint density at radius 2 is 1.89 bits per heavy atom. The molecule has 1 fully saturated rings. The molecule has 0 aromatic rings. The highest BCUT2D eigenvalue weighted by molar-refractivity contribution is 5.81. The van der Waals surface area contributed by atoms with Gasteiger partial charge >= 0.3 is 0 Å². The number of rotatable bonds is 5. The summed E-state index contributed by atoms with van der Waals surface area (Å²) in [5.41, 5.74) is 1.76. The number of β-amino-alcohol motifs (C(OH)–C–C–N with tert-alkyl or cyclic N) is 1. The molecular weight excluding hydrogens is 232 g/mol. The third-order valence-electron chi connectivity index (χ3n) is 3.46. The number of amides is 1. The van der Waals surface area contributed by atoms with E-state index in [-0.39, 0.29) is 12.5 Å². The van der Waals surface area contributed by atoms with Gasteiger partial charge in [0.05, 0.1) is 12.0 Å². The van der Waals surface area contributed by atoms with E-state index in [2.05, 4.69) is 15.2 Å². The summed E-state index contributed by atoms with van der Waals surface area (Å²) >= 11 is 0.